The maximum atomic E-state index is 12.8. The van der Waals surface area contributed by atoms with Crippen LogP contribution in [0.5, 0.6) is 5.75 Å². The van der Waals surface area contributed by atoms with Crippen LogP contribution in [-0.2, 0) is 0 Å². The van der Waals surface area contributed by atoms with E-state index in [1.807, 2.05) is 0 Å². The number of rotatable bonds is 3. The van der Waals surface area contributed by atoms with Crippen molar-refractivity contribution in [3.63, 3.8) is 0 Å². The fraction of sp³-hybridized carbons (Fsp3) is 0.400. The molecule has 78 valence electrons. The van der Waals surface area contributed by atoms with Crippen molar-refractivity contribution in [3.05, 3.63) is 24.3 Å². The normalized spacial score (nSPS) is 13.8. The van der Waals surface area contributed by atoms with Gasteiger partial charge < -0.3 is 4.74 Å². The third kappa shape index (κ3) is 3.18. The Hall–Kier alpha value is -0.770. The Labute approximate surface area is 87.5 Å². The third-order valence-electron chi connectivity index (χ3n) is 1.84. The minimum Gasteiger partial charge on any atom is -0.484 e. The minimum atomic E-state index is -2.84. The molecule has 14 heavy (non-hydrogen) atoms. The summed E-state index contributed by atoms with van der Waals surface area (Å²) in [6.07, 6.45) is -1.14. The molecule has 1 aromatic rings. The average Bonchev–Trinajstić information content (AvgIpc) is 2.02. The van der Waals surface area contributed by atoms with Crippen LogP contribution in [0.4, 0.5) is 8.78 Å². The predicted molar refractivity (Wildman–Crippen MR) is 54.4 cm³/mol. The van der Waals surface area contributed by atoms with E-state index in [9.17, 15) is 8.78 Å². The number of hydrogen-bond acceptors (Lipinski definition) is 2. The third-order valence-corrected chi connectivity index (χ3v) is 2.12. The highest BCUT2D eigenvalue weighted by atomic mass is 32.1. The van der Waals surface area contributed by atoms with Crippen molar-refractivity contribution in [2.45, 2.75) is 30.8 Å². The Morgan fingerprint density at radius 1 is 1.43 bits per heavy atom. The van der Waals surface area contributed by atoms with Gasteiger partial charge in [-0.1, -0.05) is 6.07 Å². The summed E-state index contributed by atoms with van der Waals surface area (Å²) in [6, 6.07) is 6.69. The molecular formula is C10H12F2OS. The highest BCUT2D eigenvalue weighted by Crippen LogP contribution is 2.24. The molecule has 0 heterocycles. The maximum absolute atomic E-state index is 12.8. The summed E-state index contributed by atoms with van der Waals surface area (Å²) in [5, 5.41) is 0. The molecule has 0 aromatic heterocycles. The van der Waals surface area contributed by atoms with Gasteiger partial charge in [0, 0.05) is 11.8 Å². The second-order valence-electron chi connectivity index (χ2n) is 3.21. The van der Waals surface area contributed by atoms with Gasteiger partial charge >= 0.3 is 0 Å². The highest BCUT2D eigenvalue weighted by Gasteiger charge is 2.31. The summed E-state index contributed by atoms with van der Waals surface area (Å²) in [5.41, 5.74) is 0. The van der Waals surface area contributed by atoms with Crippen LogP contribution in [0.2, 0.25) is 0 Å². The van der Waals surface area contributed by atoms with Gasteiger partial charge in [0.15, 0.2) is 6.10 Å². The summed E-state index contributed by atoms with van der Waals surface area (Å²) in [6.45, 7) is 2.17. The van der Waals surface area contributed by atoms with Crippen molar-refractivity contribution in [2.24, 2.45) is 0 Å². The molecule has 0 N–H and O–H groups in total. The Kier molecular flexibility index (Phi) is 3.37. The van der Waals surface area contributed by atoms with Crippen molar-refractivity contribution in [2.75, 3.05) is 0 Å². The first kappa shape index (κ1) is 11.3. The van der Waals surface area contributed by atoms with E-state index in [1.54, 1.807) is 24.3 Å². The van der Waals surface area contributed by atoms with Gasteiger partial charge in [-0.05, 0) is 25.1 Å². The summed E-state index contributed by atoms with van der Waals surface area (Å²) in [5.74, 6) is -2.43. The summed E-state index contributed by atoms with van der Waals surface area (Å²) < 4.78 is 30.6. The summed E-state index contributed by atoms with van der Waals surface area (Å²) >= 11 is 4.08. The molecule has 0 aliphatic heterocycles. The van der Waals surface area contributed by atoms with E-state index in [0.29, 0.717) is 10.6 Å². The average molecular weight is 218 g/mol. The zero-order chi connectivity index (χ0) is 10.8. The first-order valence-electron chi connectivity index (χ1n) is 4.23. The molecule has 0 saturated heterocycles. The van der Waals surface area contributed by atoms with Crippen molar-refractivity contribution >= 4 is 12.6 Å². The van der Waals surface area contributed by atoms with E-state index in [1.165, 1.54) is 6.92 Å². The number of ether oxygens (including phenoxy) is 1. The van der Waals surface area contributed by atoms with E-state index in [2.05, 4.69) is 12.6 Å². The van der Waals surface area contributed by atoms with E-state index < -0.39 is 12.0 Å². The van der Waals surface area contributed by atoms with Crippen LogP contribution in [-0.4, -0.2) is 12.0 Å². The zero-order valence-electron chi connectivity index (χ0n) is 8.00. The molecule has 0 amide bonds. The van der Waals surface area contributed by atoms with E-state index in [4.69, 9.17) is 4.74 Å². The van der Waals surface area contributed by atoms with Crippen LogP contribution in [0.25, 0.3) is 0 Å². The van der Waals surface area contributed by atoms with Gasteiger partial charge in [0.25, 0.3) is 5.92 Å². The van der Waals surface area contributed by atoms with E-state index in [0.717, 1.165) is 6.92 Å². The van der Waals surface area contributed by atoms with Crippen molar-refractivity contribution < 1.29 is 13.5 Å². The van der Waals surface area contributed by atoms with Crippen molar-refractivity contribution in [3.8, 4) is 5.75 Å². The molecule has 1 unspecified atom stereocenters. The zero-order valence-corrected chi connectivity index (χ0v) is 8.89. The highest BCUT2D eigenvalue weighted by molar-refractivity contribution is 7.80. The van der Waals surface area contributed by atoms with Gasteiger partial charge in [0.05, 0.1) is 0 Å². The van der Waals surface area contributed by atoms with Crippen LogP contribution in [0.15, 0.2) is 29.2 Å². The molecule has 0 aliphatic rings. The van der Waals surface area contributed by atoms with E-state index >= 15 is 0 Å². The van der Waals surface area contributed by atoms with Gasteiger partial charge in [-0.15, -0.1) is 12.6 Å². The van der Waals surface area contributed by atoms with Crippen molar-refractivity contribution in [1.82, 2.24) is 0 Å². The predicted octanol–water partition coefficient (Wildman–Crippen LogP) is 3.40. The molecule has 0 bridgehead atoms. The van der Waals surface area contributed by atoms with Gasteiger partial charge in [-0.2, -0.15) is 0 Å². The fourth-order valence-corrected chi connectivity index (χ4v) is 1.08. The quantitative estimate of drug-likeness (QED) is 0.765. The number of thiol groups is 1. The fourth-order valence-electron chi connectivity index (χ4n) is 0.864. The first-order valence-corrected chi connectivity index (χ1v) is 4.68. The largest absolute Gasteiger partial charge is 0.484 e. The Morgan fingerprint density at radius 2 is 2.07 bits per heavy atom. The number of halogens is 2. The monoisotopic (exact) mass is 218 g/mol. The summed E-state index contributed by atoms with van der Waals surface area (Å²) in [7, 11) is 0. The number of hydrogen-bond donors (Lipinski definition) is 1. The number of benzene rings is 1. The molecule has 1 atom stereocenters. The van der Waals surface area contributed by atoms with Gasteiger partial charge in [0.1, 0.15) is 5.75 Å². The summed E-state index contributed by atoms with van der Waals surface area (Å²) in [4.78, 5) is 0.689. The van der Waals surface area contributed by atoms with Crippen LogP contribution in [0.3, 0.4) is 0 Å². The molecule has 0 fully saturated rings. The molecule has 1 nitrogen and oxygen atoms in total. The van der Waals surface area contributed by atoms with Crippen LogP contribution < -0.4 is 4.74 Å². The Morgan fingerprint density at radius 3 is 2.57 bits per heavy atom. The van der Waals surface area contributed by atoms with Crippen molar-refractivity contribution in [1.29, 1.82) is 0 Å². The smallest absolute Gasteiger partial charge is 0.281 e. The van der Waals surface area contributed by atoms with Crippen LogP contribution >= 0.6 is 12.6 Å². The lowest BCUT2D eigenvalue weighted by Crippen LogP contribution is -2.32. The lowest BCUT2D eigenvalue weighted by molar-refractivity contribution is -0.0718. The molecule has 1 rings (SSSR count). The molecular weight excluding hydrogens is 206 g/mol. The first-order chi connectivity index (χ1) is 6.39. The van der Waals surface area contributed by atoms with Gasteiger partial charge in [0.2, 0.25) is 0 Å². The molecule has 1 aromatic carbocycles. The molecule has 0 aliphatic carbocycles. The lowest BCUT2D eigenvalue weighted by Gasteiger charge is -2.20. The molecule has 0 spiro atoms. The Balaban J connectivity index is 2.70. The molecule has 0 saturated carbocycles. The number of alkyl halides is 2. The van der Waals surface area contributed by atoms with Gasteiger partial charge in [-0.3, -0.25) is 0 Å². The molecule has 4 heteroatoms. The maximum Gasteiger partial charge on any atom is 0.281 e. The van der Waals surface area contributed by atoms with E-state index in [-0.39, 0.29) is 0 Å². The second kappa shape index (κ2) is 4.17. The Bertz CT molecular complexity index is 309. The standard InChI is InChI=1S/C10H12F2OS/c1-7(10(2,11)12)13-8-4-3-5-9(14)6-8/h3-7,14H,1-2H3. The van der Waals surface area contributed by atoms with Crippen LogP contribution in [0.1, 0.15) is 13.8 Å². The van der Waals surface area contributed by atoms with Crippen LogP contribution in [0, 0.1) is 0 Å². The minimum absolute atomic E-state index is 0.409. The molecule has 0 radical (unpaired) electrons. The lowest BCUT2D eigenvalue weighted by atomic mass is 10.2. The topological polar surface area (TPSA) is 9.23 Å². The SMILES string of the molecule is CC(Oc1cccc(S)c1)C(C)(F)F. The second-order valence-corrected chi connectivity index (χ2v) is 3.73. The van der Waals surface area contributed by atoms with Gasteiger partial charge in [-0.25, -0.2) is 8.78 Å².